The maximum Gasteiger partial charge on any atom is 2.00 e. The molecule has 2 rings (SSSR count). The van der Waals surface area contributed by atoms with Crippen molar-refractivity contribution in [3.05, 3.63) is 72.6 Å². The molecule has 0 saturated carbocycles. The van der Waals surface area contributed by atoms with Crippen LogP contribution in [0.1, 0.15) is 24.0 Å². The van der Waals surface area contributed by atoms with Gasteiger partial charge in [-0.2, -0.15) is 6.42 Å². The fourth-order valence-corrected chi connectivity index (χ4v) is 1.82. The smallest absolute Gasteiger partial charge is 1.00 e. The summed E-state index contributed by atoms with van der Waals surface area (Å²) in [7, 11) is 0. The first-order valence-corrected chi connectivity index (χ1v) is 6.43. The molecule has 0 bridgehead atoms. The standard InChI is InChI=1S/C17H19O.BrH.Mg/c1-2-3-7-15-10-12-17(13-11-15)18-14-16-8-5-4-6-9-16;;/h4-6,8-13H,1-3,7,14H2;1H;/q-1;;+2/p-1. The van der Waals surface area contributed by atoms with Gasteiger partial charge in [-0.05, 0) is 29.7 Å². The van der Waals surface area contributed by atoms with Gasteiger partial charge in [-0.1, -0.05) is 48.9 Å². The number of hydrogen-bond donors (Lipinski definition) is 0. The quantitative estimate of drug-likeness (QED) is 0.563. The minimum absolute atomic E-state index is 0. The minimum Gasteiger partial charge on any atom is -1.00 e. The number of halogens is 1. The number of hydrogen-bond acceptors (Lipinski definition) is 1. The molecule has 0 amide bonds. The van der Waals surface area contributed by atoms with Crippen LogP contribution in [0.3, 0.4) is 0 Å². The summed E-state index contributed by atoms with van der Waals surface area (Å²) < 4.78 is 5.74. The summed E-state index contributed by atoms with van der Waals surface area (Å²) in [6.45, 7) is 4.48. The zero-order chi connectivity index (χ0) is 12.6. The first kappa shape index (κ1) is 19.5. The normalized spacial score (nSPS) is 9.25. The van der Waals surface area contributed by atoms with Crippen molar-refractivity contribution in [1.82, 2.24) is 0 Å². The number of rotatable bonds is 6. The third kappa shape index (κ3) is 6.77. The van der Waals surface area contributed by atoms with Crippen molar-refractivity contribution < 1.29 is 21.7 Å². The molecule has 0 saturated heterocycles. The van der Waals surface area contributed by atoms with Gasteiger partial charge in [0.05, 0.1) is 0 Å². The van der Waals surface area contributed by atoms with Crippen molar-refractivity contribution in [3.63, 3.8) is 0 Å². The summed E-state index contributed by atoms with van der Waals surface area (Å²) in [5.74, 6) is 0.928. The summed E-state index contributed by atoms with van der Waals surface area (Å²) in [5.41, 5.74) is 2.55. The molecular formula is C17H19BrMgO. The van der Waals surface area contributed by atoms with Gasteiger partial charge >= 0.3 is 23.1 Å². The molecule has 0 aromatic heterocycles. The Labute approximate surface area is 148 Å². The van der Waals surface area contributed by atoms with Gasteiger partial charge in [-0.3, -0.25) is 0 Å². The van der Waals surface area contributed by atoms with E-state index in [-0.39, 0.29) is 40.0 Å². The van der Waals surface area contributed by atoms with E-state index in [0.717, 1.165) is 25.0 Å². The first-order chi connectivity index (χ1) is 8.88. The SMILES string of the molecule is [Br-].[CH2-]CCCc1ccc(OCc2ccccc2)cc1.[Mg+2]. The molecule has 0 heterocycles. The molecule has 0 aliphatic heterocycles. The van der Waals surface area contributed by atoms with Crippen LogP contribution in [0.5, 0.6) is 5.75 Å². The van der Waals surface area contributed by atoms with Crippen LogP contribution < -0.4 is 21.7 Å². The molecule has 0 radical (unpaired) electrons. The predicted octanol–water partition coefficient (Wildman–Crippen LogP) is 1.05. The van der Waals surface area contributed by atoms with Crippen molar-refractivity contribution in [2.75, 3.05) is 0 Å². The minimum atomic E-state index is 0. The molecule has 0 N–H and O–H groups in total. The van der Waals surface area contributed by atoms with E-state index in [1.165, 1.54) is 11.1 Å². The zero-order valence-electron chi connectivity index (χ0n) is 11.7. The van der Waals surface area contributed by atoms with E-state index in [4.69, 9.17) is 4.74 Å². The Morgan fingerprint density at radius 2 is 1.50 bits per heavy atom. The molecule has 0 unspecified atom stereocenters. The van der Waals surface area contributed by atoms with Crippen LogP contribution in [0.2, 0.25) is 0 Å². The van der Waals surface area contributed by atoms with Gasteiger partial charge in [0.1, 0.15) is 12.4 Å². The van der Waals surface area contributed by atoms with Crippen molar-refractivity contribution in [3.8, 4) is 5.75 Å². The Morgan fingerprint density at radius 3 is 2.10 bits per heavy atom. The van der Waals surface area contributed by atoms with Crippen molar-refractivity contribution in [2.24, 2.45) is 0 Å². The molecule has 3 heteroatoms. The van der Waals surface area contributed by atoms with Crippen LogP contribution in [0.25, 0.3) is 0 Å². The second-order valence-electron chi connectivity index (χ2n) is 4.38. The fraction of sp³-hybridized carbons (Fsp3) is 0.235. The zero-order valence-corrected chi connectivity index (χ0v) is 14.7. The third-order valence-electron chi connectivity index (χ3n) is 2.89. The molecule has 0 spiro atoms. The van der Waals surface area contributed by atoms with Crippen LogP contribution >= 0.6 is 0 Å². The van der Waals surface area contributed by atoms with Crippen LogP contribution in [0, 0.1) is 6.92 Å². The fourth-order valence-electron chi connectivity index (χ4n) is 1.82. The number of aryl methyl sites for hydroxylation is 1. The van der Waals surface area contributed by atoms with Crippen LogP contribution in [0.15, 0.2) is 54.6 Å². The summed E-state index contributed by atoms with van der Waals surface area (Å²) >= 11 is 0. The van der Waals surface area contributed by atoms with Crippen LogP contribution in [-0.2, 0) is 13.0 Å². The maximum absolute atomic E-state index is 5.74. The van der Waals surface area contributed by atoms with Crippen LogP contribution in [0.4, 0.5) is 0 Å². The van der Waals surface area contributed by atoms with Crippen molar-refractivity contribution in [2.45, 2.75) is 25.9 Å². The molecule has 0 aliphatic rings. The van der Waals surface area contributed by atoms with E-state index in [9.17, 15) is 0 Å². The van der Waals surface area contributed by atoms with E-state index in [1.54, 1.807) is 0 Å². The molecule has 102 valence electrons. The van der Waals surface area contributed by atoms with Gasteiger partial charge in [-0.15, -0.1) is 0 Å². The van der Waals surface area contributed by atoms with Crippen molar-refractivity contribution >= 4 is 23.1 Å². The Hall–Kier alpha value is -0.514. The molecule has 2 aromatic rings. The average molecular weight is 344 g/mol. The molecule has 20 heavy (non-hydrogen) atoms. The second kappa shape index (κ2) is 11.2. The number of benzene rings is 2. The Bertz CT molecular complexity index is 456. The maximum atomic E-state index is 5.74. The van der Waals surface area contributed by atoms with E-state index >= 15 is 0 Å². The van der Waals surface area contributed by atoms with E-state index in [2.05, 4.69) is 31.2 Å². The molecule has 0 aliphatic carbocycles. The van der Waals surface area contributed by atoms with Gasteiger partial charge < -0.3 is 28.6 Å². The Kier molecular flexibility index (Phi) is 10.9. The van der Waals surface area contributed by atoms with E-state index in [0.29, 0.717) is 6.61 Å². The van der Waals surface area contributed by atoms with Gasteiger partial charge in [0.15, 0.2) is 0 Å². The predicted molar refractivity (Wildman–Crippen MR) is 81.3 cm³/mol. The number of ether oxygens (including phenoxy) is 1. The summed E-state index contributed by atoms with van der Waals surface area (Å²) in [5, 5.41) is 0. The van der Waals surface area contributed by atoms with E-state index in [1.807, 2.05) is 30.3 Å². The summed E-state index contributed by atoms with van der Waals surface area (Å²) in [6, 6.07) is 18.6. The monoisotopic (exact) mass is 342 g/mol. The van der Waals surface area contributed by atoms with Crippen molar-refractivity contribution in [1.29, 1.82) is 0 Å². The van der Waals surface area contributed by atoms with E-state index < -0.39 is 0 Å². The van der Waals surface area contributed by atoms with Gasteiger partial charge in [0.25, 0.3) is 0 Å². The largest absolute Gasteiger partial charge is 2.00 e. The molecule has 0 fully saturated rings. The average Bonchev–Trinajstić information content (AvgIpc) is 2.45. The molecule has 1 nitrogen and oxygen atoms in total. The molecular weight excluding hydrogens is 324 g/mol. The van der Waals surface area contributed by atoms with Gasteiger partial charge in [0.2, 0.25) is 0 Å². The van der Waals surface area contributed by atoms with Gasteiger partial charge in [0, 0.05) is 0 Å². The first-order valence-electron chi connectivity index (χ1n) is 6.43. The van der Waals surface area contributed by atoms with Gasteiger partial charge in [-0.25, -0.2) is 0 Å². The molecule has 0 atom stereocenters. The Balaban J connectivity index is 0.00000180. The summed E-state index contributed by atoms with van der Waals surface area (Å²) in [4.78, 5) is 0. The topological polar surface area (TPSA) is 9.23 Å². The Morgan fingerprint density at radius 1 is 0.850 bits per heavy atom. The second-order valence-corrected chi connectivity index (χ2v) is 4.38. The summed E-state index contributed by atoms with van der Waals surface area (Å²) in [6.07, 6.45) is 3.24. The number of unbranched alkanes of at least 4 members (excludes halogenated alkanes) is 1. The molecule has 2 aromatic carbocycles. The van der Waals surface area contributed by atoms with Crippen LogP contribution in [-0.4, -0.2) is 23.1 Å². The third-order valence-corrected chi connectivity index (χ3v) is 2.89.